The van der Waals surface area contributed by atoms with Gasteiger partial charge in [0.05, 0.1) is 7.11 Å². The smallest absolute Gasteiger partial charge is 0.121 e. The molecule has 2 nitrogen and oxygen atoms in total. The Labute approximate surface area is 177 Å². The van der Waals surface area contributed by atoms with E-state index >= 15 is 0 Å². The van der Waals surface area contributed by atoms with Gasteiger partial charge in [-0.1, -0.05) is 60.7 Å². The van der Waals surface area contributed by atoms with Crippen LogP contribution < -0.4 is 4.74 Å². The van der Waals surface area contributed by atoms with Crippen LogP contribution in [0.25, 0.3) is 22.3 Å². The number of ether oxygens (including phenoxy) is 1. The quantitative estimate of drug-likeness (QED) is 0.364. The lowest BCUT2D eigenvalue weighted by Crippen LogP contribution is -2.02. The summed E-state index contributed by atoms with van der Waals surface area (Å²) in [5.74, 6) is 1.40. The first-order valence-corrected chi connectivity index (χ1v) is 10.2. The Bertz CT molecular complexity index is 1270. The van der Waals surface area contributed by atoms with Crippen molar-refractivity contribution in [3.05, 3.63) is 107 Å². The molecule has 4 aromatic carbocycles. The van der Waals surface area contributed by atoms with Gasteiger partial charge in [0, 0.05) is 5.92 Å². The van der Waals surface area contributed by atoms with E-state index in [2.05, 4.69) is 73.7 Å². The number of hydrogen-bond acceptors (Lipinski definition) is 2. The van der Waals surface area contributed by atoms with E-state index in [-0.39, 0.29) is 5.92 Å². The van der Waals surface area contributed by atoms with Crippen molar-refractivity contribution in [3.63, 3.8) is 0 Å². The van der Waals surface area contributed by atoms with E-state index in [0.29, 0.717) is 5.75 Å². The normalized spacial score (nSPS) is 14.3. The first-order valence-electron chi connectivity index (χ1n) is 10.2. The summed E-state index contributed by atoms with van der Waals surface area (Å²) in [5, 5.41) is 10.0. The summed E-state index contributed by atoms with van der Waals surface area (Å²) in [7, 11) is 1.72. The lowest BCUT2D eigenvalue weighted by atomic mass is 9.84. The van der Waals surface area contributed by atoms with Crippen LogP contribution in [0.15, 0.2) is 78.9 Å². The molecule has 0 aliphatic heterocycles. The topological polar surface area (TPSA) is 29.5 Å². The fourth-order valence-electron chi connectivity index (χ4n) is 4.76. The standard InChI is InChI=1S/C28H24O2/c1-17-15-19(11-13-25(17)29)21-9-6-10-24-22-7-4-5-8-23(22)27(28(21)24)20-12-14-26(30-3)18(2)16-20/h4-16,27,29H,1-3H3. The lowest BCUT2D eigenvalue weighted by molar-refractivity contribution is 0.411. The second-order valence-corrected chi connectivity index (χ2v) is 8.02. The van der Waals surface area contributed by atoms with E-state index in [9.17, 15) is 5.11 Å². The molecule has 0 amide bonds. The molecule has 0 spiro atoms. The van der Waals surface area contributed by atoms with E-state index in [1.807, 2.05) is 13.0 Å². The van der Waals surface area contributed by atoms with Crippen molar-refractivity contribution in [1.29, 1.82) is 0 Å². The van der Waals surface area contributed by atoms with Crippen molar-refractivity contribution in [3.8, 4) is 33.8 Å². The molecule has 0 saturated carbocycles. The third-order valence-corrected chi connectivity index (χ3v) is 6.22. The van der Waals surface area contributed by atoms with Gasteiger partial charge in [-0.05, 0) is 82.1 Å². The monoisotopic (exact) mass is 392 g/mol. The third kappa shape index (κ3) is 2.80. The van der Waals surface area contributed by atoms with Gasteiger partial charge in [0.2, 0.25) is 0 Å². The molecule has 0 fully saturated rings. The summed E-state index contributed by atoms with van der Waals surface area (Å²) >= 11 is 0. The average molecular weight is 392 g/mol. The SMILES string of the molecule is COc1ccc(C2c3ccccc3-c3cccc(-c4ccc(O)c(C)c4)c32)cc1C. The maximum atomic E-state index is 10.0. The highest BCUT2D eigenvalue weighted by atomic mass is 16.5. The summed E-state index contributed by atoms with van der Waals surface area (Å²) in [6.45, 7) is 4.04. The van der Waals surface area contributed by atoms with Gasteiger partial charge in [-0.2, -0.15) is 0 Å². The van der Waals surface area contributed by atoms with E-state index in [4.69, 9.17) is 4.74 Å². The summed E-state index contributed by atoms with van der Waals surface area (Å²) < 4.78 is 5.50. The van der Waals surface area contributed by atoms with Crippen LogP contribution in [0.5, 0.6) is 11.5 Å². The number of fused-ring (bicyclic) bond motifs is 3. The van der Waals surface area contributed by atoms with Gasteiger partial charge in [-0.15, -0.1) is 0 Å². The van der Waals surface area contributed by atoms with Crippen molar-refractivity contribution in [2.45, 2.75) is 19.8 Å². The van der Waals surface area contributed by atoms with Crippen molar-refractivity contribution in [2.24, 2.45) is 0 Å². The minimum atomic E-state index is 0.158. The fourth-order valence-corrected chi connectivity index (χ4v) is 4.76. The van der Waals surface area contributed by atoms with Crippen LogP contribution in [0.3, 0.4) is 0 Å². The molecule has 0 bridgehead atoms. The molecule has 1 aliphatic carbocycles. The third-order valence-electron chi connectivity index (χ3n) is 6.22. The minimum absolute atomic E-state index is 0.158. The van der Waals surface area contributed by atoms with Gasteiger partial charge in [-0.3, -0.25) is 0 Å². The molecule has 0 saturated heterocycles. The van der Waals surface area contributed by atoms with Crippen LogP contribution in [-0.2, 0) is 0 Å². The molecule has 1 aliphatic rings. The number of phenolic OH excluding ortho intramolecular Hbond substituents is 1. The van der Waals surface area contributed by atoms with Gasteiger partial charge in [0.25, 0.3) is 0 Å². The molecule has 148 valence electrons. The van der Waals surface area contributed by atoms with E-state index in [1.54, 1.807) is 13.2 Å². The van der Waals surface area contributed by atoms with Gasteiger partial charge in [0.15, 0.2) is 0 Å². The molecule has 1 atom stereocenters. The number of benzene rings is 4. The van der Waals surface area contributed by atoms with Crippen LogP contribution >= 0.6 is 0 Å². The Morgan fingerprint density at radius 3 is 2.27 bits per heavy atom. The number of hydrogen-bond donors (Lipinski definition) is 1. The average Bonchev–Trinajstić information content (AvgIpc) is 3.10. The van der Waals surface area contributed by atoms with Crippen molar-refractivity contribution >= 4 is 0 Å². The summed E-state index contributed by atoms with van der Waals surface area (Å²) in [4.78, 5) is 0. The van der Waals surface area contributed by atoms with Gasteiger partial charge >= 0.3 is 0 Å². The highest BCUT2D eigenvalue weighted by Gasteiger charge is 2.32. The number of rotatable bonds is 3. The van der Waals surface area contributed by atoms with Crippen molar-refractivity contribution < 1.29 is 9.84 Å². The van der Waals surface area contributed by atoms with Crippen LogP contribution in [-0.4, -0.2) is 12.2 Å². The van der Waals surface area contributed by atoms with Gasteiger partial charge in [0.1, 0.15) is 11.5 Å². The Balaban J connectivity index is 1.78. The number of phenols is 1. The Kier molecular flexibility index (Phi) is 4.36. The van der Waals surface area contributed by atoms with Gasteiger partial charge < -0.3 is 9.84 Å². The maximum absolute atomic E-state index is 10.0. The van der Waals surface area contributed by atoms with Crippen LogP contribution in [0.4, 0.5) is 0 Å². The minimum Gasteiger partial charge on any atom is -0.508 e. The second-order valence-electron chi connectivity index (χ2n) is 8.02. The zero-order chi connectivity index (χ0) is 20.8. The van der Waals surface area contributed by atoms with Crippen molar-refractivity contribution in [2.75, 3.05) is 7.11 Å². The Morgan fingerprint density at radius 1 is 0.733 bits per heavy atom. The molecule has 2 heteroatoms. The molecule has 4 aromatic rings. The van der Waals surface area contributed by atoms with Crippen LogP contribution in [0, 0.1) is 13.8 Å². The van der Waals surface area contributed by atoms with E-state index < -0.39 is 0 Å². The largest absolute Gasteiger partial charge is 0.508 e. The van der Waals surface area contributed by atoms with E-state index in [0.717, 1.165) is 22.4 Å². The predicted molar refractivity (Wildman–Crippen MR) is 122 cm³/mol. The molecule has 0 heterocycles. The highest BCUT2D eigenvalue weighted by Crippen LogP contribution is 2.51. The summed E-state index contributed by atoms with van der Waals surface area (Å²) in [6.07, 6.45) is 0. The molecular formula is C28H24O2. The predicted octanol–water partition coefficient (Wildman–Crippen LogP) is 6.85. The zero-order valence-corrected chi connectivity index (χ0v) is 17.4. The molecule has 0 aromatic heterocycles. The Hall–Kier alpha value is -3.52. The molecule has 5 rings (SSSR count). The lowest BCUT2D eigenvalue weighted by Gasteiger charge is -2.20. The molecule has 30 heavy (non-hydrogen) atoms. The first-order chi connectivity index (χ1) is 14.6. The zero-order valence-electron chi connectivity index (χ0n) is 17.4. The van der Waals surface area contributed by atoms with E-state index in [1.165, 1.54) is 33.4 Å². The molecule has 1 N–H and O–H groups in total. The number of methoxy groups -OCH3 is 1. The first kappa shape index (κ1) is 18.5. The molecule has 0 radical (unpaired) electrons. The maximum Gasteiger partial charge on any atom is 0.121 e. The fraction of sp³-hybridized carbons (Fsp3) is 0.143. The highest BCUT2D eigenvalue weighted by molar-refractivity contribution is 5.88. The van der Waals surface area contributed by atoms with Crippen molar-refractivity contribution in [1.82, 2.24) is 0 Å². The number of aromatic hydroxyl groups is 1. The number of aryl methyl sites for hydroxylation is 2. The van der Waals surface area contributed by atoms with Gasteiger partial charge in [-0.25, -0.2) is 0 Å². The summed E-state index contributed by atoms with van der Waals surface area (Å²) in [6, 6.07) is 27.6. The molecule has 1 unspecified atom stereocenters. The van der Waals surface area contributed by atoms with Crippen LogP contribution in [0.2, 0.25) is 0 Å². The second kappa shape index (κ2) is 7.07. The Morgan fingerprint density at radius 2 is 1.50 bits per heavy atom. The molecular weight excluding hydrogens is 368 g/mol. The van der Waals surface area contributed by atoms with Crippen LogP contribution in [0.1, 0.15) is 33.7 Å². The summed E-state index contributed by atoms with van der Waals surface area (Å²) in [5.41, 5.74) is 10.9.